The number of carboxylic acid groups (broad SMARTS) is 1. The van der Waals surface area contributed by atoms with Crippen molar-refractivity contribution in [3.63, 3.8) is 0 Å². The van der Waals surface area contributed by atoms with E-state index >= 15 is 0 Å². The van der Waals surface area contributed by atoms with Gasteiger partial charge in [-0.25, -0.2) is 0 Å². The van der Waals surface area contributed by atoms with E-state index in [0.29, 0.717) is 0 Å². The lowest BCUT2D eigenvalue weighted by Gasteiger charge is -2.20. The number of unbranched alkanes of at least 4 members (excludes halogenated alkanes) is 5. The standard InChI is InChI=1S/C25H30N2O2/c28-24(29)17-11-3-1-2-4-12-20-27-23(18-19-26-27)25(21-13-7-5-8-14-21)22-15-9-6-10-16-22/h5-10,13-16,18-19,25H,1-4,11-12,17,20H2,(H,28,29). The van der Waals surface area contributed by atoms with Crippen molar-refractivity contribution in [2.24, 2.45) is 0 Å². The third-order valence-corrected chi connectivity index (χ3v) is 5.32. The predicted octanol–water partition coefficient (Wildman–Crippen LogP) is 5.88. The van der Waals surface area contributed by atoms with E-state index in [0.717, 1.165) is 45.1 Å². The molecule has 0 aliphatic carbocycles. The predicted molar refractivity (Wildman–Crippen MR) is 116 cm³/mol. The van der Waals surface area contributed by atoms with Gasteiger partial charge in [0, 0.05) is 19.2 Å². The van der Waals surface area contributed by atoms with Crippen molar-refractivity contribution in [2.75, 3.05) is 0 Å². The number of nitrogens with zero attached hydrogens (tertiary/aromatic N) is 2. The van der Waals surface area contributed by atoms with E-state index in [1.54, 1.807) is 0 Å². The highest BCUT2D eigenvalue weighted by Gasteiger charge is 2.20. The number of hydrogen-bond acceptors (Lipinski definition) is 2. The molecule has 3 rings (SSSR count). The number of benzene rings is 2. The maximum atomic E-state index is 10.5. The van der Waals surface area contributed by atoms with E-state index in [1.807, 2.05) is 6.20 Å². The minimum absolute atomic E-state index is 0.177. The molecule has 4 heteroatoms. The van der Waals surface area contributed by atoms with Crippen LogP contribution in [0.4, 0.5) is 0 Å². The van der Waals surface area contributed by atoms with Gasteiger partial charge in [-0.1, -0.05) is 86.3 Å². The fraction of sp³-hybridized carbons (Fsp3) is 0.360. The molecule has 0 bridgehead atoms. The monoisotopic (exact) mass is 390 g/mol. The van der Waals surface area contributed by atoms with Crippen LogP contribution in [0.3, 0.4) is 0 Å². The van der Waals surface area contributed by atoms with Crippen LogP contribution in [0.25, 0.3) is 0 Å². The lowest BCUT2D eigenvalue weighted by atomic mass is 9.88. The van der Waals surface area contributed by atoms with Gasteiger partial charge in [0.25, 0.3) is 0 Å². The summed E-state index contributed by atoms with van der Waals surface area (Å²) in [7, 11) is 0. The first-order valence-electron chi connectivity index (χ1n) is 10.6. The van der Waals surface area contributed by atoms with E-state index in [4.69, 9.17) is 5.11 Å². The molecule has 0 saturated carbocycles. The van der Waals surface area contributed by atoms with Crippen molar-refractivity contribution >= 4 is 5.97 Å². The van der Waals surface area contributed by atoms with Crippen molar-refractivity contribution in [2.45, 2.75) is 57.4 Å². The van der Waals surface area contributed by atoms with Crippen LogP contribution in [0.1, 0.15) is 67.7 Å². The van der Waals surface area contributed by atoms with Gasteiger partial charge in [-0.3, -0.25) is 9.48 Å². The summed E-state index contributed by atoms with van der Waals surface area (Å²) >= 11 is 0. The Bertz CT molecular complexity index is 819. The van der Waals surface area contributed by atoms with Crippen LogP contribution in [-0.2, 0) is 11.3 Å². The maximum absolute atomic E-state index is 10.5. The highest BCUT2D eigenvalue weighted by molar-refractivity contribution is 5.66. The fourth-order valence-corrected chi connectivity index (χ4v) is 3.84. The zero-order chi connectivity index (χ0) is 20.3. The third-order valence-electron chi connectivity index (χ3n) is 5.32. The molecule has 0 saturated heterocycles. The van der Waals surface area contributed by atoms with Crippen molar-refractivity contribution in [3.8, 4) is 0 Å². The van der Waals surface area contributed by atoms with Crippen LogP contribution in [0.15, 0.2) is 72.9 Å². The van der Waals surface area contributed by atoms with Crippen molar-refractivity contribution in [3.05, 3.63) is 89.7 Å². The summed E-state index contributed by atoms with van der Waals surface area (Å²) < 4.78 is 2.15. The van der Waals surface area contributed by atoms with Crippen LogP contribution in [0, 0.1) is 0 Å². The summed E-state index contributed by atoms with van der Waals surface area (Å²) in [6.07, 6.45) is 8.47. The topological polar surface area (TPSA) is 55.1 Å². The summed E-state index contributed by atoms with van der Waals surface area (Å²) in [6, 6.07) is 23.4. The lowest BCUT2D eigenvalue weighted by molar-refractivity contribution is -0.137. The van der Waals surface area contributed by atoms with Gasteiger partial charge in [-0.05, 0) is 30.0 Å². The minimum Gasteiger partial charge on any atom is -0.481 e. The second-order valence-electron chi connectivity index (χ2n) is 7.50. The second kappa shape index (κ2) is 11.2. The SMILES string of the molecule is O=C(O)CCCCCCCCn1nccc1C(c1ccccc1)c1ccccc1. The Kier molecular flexibility index (Phi) is 8.05. The Morgan fingerprint density at radius 1 is 0.793 bits per heavy atom. The van der Waals surface area contributed by atoms with Crippen LogP contribution < -0.4 is 0 Å². The summed E-state index contributed by atoms with van der Waals surface area (Å²) in [5.41, 5.74) is 3.78. The van der Waals surface area contributed by atoms with Crippen molar-refractivity contribution in [1.82, 2.24) is 9.78 Å². The van der Waals surface area contributed by atoms with Crippen LogP contribution in [0.5, 0.6) is 0 Å². The van der Waals surface area contributed by atoms with Crippen LogP contribution in [0.2, 0.25) is 0 Å². The van der Waals surface area contributed by atoms with Crippen LogP contribution >= 0.6 is 0 Å². The molecule has 0 spiro atoms. The molecule has 1 aromatic heterocycles. The molecule has 0 unspecified atom stereocenters. The largest absolute Gasteiger partial charge is 0.481 e. The van der Waals surface area contributed by atoms with Gasteiger partial charge in [0.05, 0.1) is 11.6 Å². The summed E-state index contributed by atoms with van der Waals surface area (Å²) in [5.74, 6) is -0.515. The highest BCUT2D eigenvalue weighted by atomic mass is 16.4. The zero-order valence-electron chi connectivity index (χ0n) is 16.9. The molecular weight excluding hydrogens is 360 g/mol. The molecule has 0 fully saturated rings. The first-order valence-corrected chi connectivity index (χ1v) is 10.6. The minimum atomic E-state index is -0.692. The molecule has 152 valence electrons. The van der Waals surface area contributed by atoms with Crippen molar-refractivity contribution in [1.29, 1.82) is 0 Å². The number of carboxylic acids is 1. The smallest absolute Gasteiger partial charge is 0.303 e. The molecular formula is C25H30N2O2. The molecule has 2 aromatic carbocycles. The summed E-state index contributed by atoms with van der Waals surface area (Å²) in [5, 5.41) is 13.3. The quantitative estimate of drug-likeness (QED) is 0.393. The Morgan fingerprint density at radius 3 is 1.93 bits per heavy atom. The summed E-state index contributed by atoms with van der Waals surface area (Å²) in [6.45, 7) is 0.910. The molecule has 0 aliphatic heterocycles. The molecule has 1 N–H and O–H groups in total. The molecule has 29 heavy (non-hydrogen) atoms. The number of hydrogen-bond donors (Lipinski definition) is 1. The Morgan fingerprint density at radius 2 is 1.34 bits per heavy atom. The molecule has 1 heterocycles. The first kappa shape index (κ1) is 20.8. The van der Waals surface area contributed by atoms with Crippen molar-refractivity contribution < 1.29 is 9.90 Å². The molecule has 0 atom stereocenters. The molecule has 3 aromatic rings. The molecule has 0 radical (unpaired) electrons. The van der Waals surface area contributed by atoms with Gasteiger partial charge >= 0.3 is 5.97 Å². The Hall–Kier alpha value is -2.88. The summed E-state index contributed by atoms with van der Waals surface area (Å²) in [4.78, 5) is 10.5. The van der Waals surface area contributed by atoms with Gasteiger partial charge in [-0.2, -0.15) is 5.10 Å². The number of rotatable bonds is 12. The van der Waals surface area contributed by atoms with E-state index in [2.05, 4.69) is 76.5 Å². The second-order valence-corrected chi connectivity index (χ2v) is 7.50. The number of aliphatic carboxylic acids is 1. The Balaban J connectivity index is 1.60. The van der Waals surface area contributed by atoms with E-state index in [-0.39, 0.29) is 12.3 Å². The first-order chi connectivity index (χ1) is 14.3. The fourth-order valence-electron chi connectivity index (χ4n) is 3.84. The maximum Gasteiger partial charge on any atom is 0.303 e. The van der Waals surface area contributed by atoms with Crippen LogP contribution in [-0.4, -0.2) is 20.9 Å². The van der Waals surface area contributed by atoms with E-state index in [9.17, 15) is 4.79 Å². The zero-order valence-corrected chi connectivity index (χ0v) is 16.9. The number of aromatic nitrogens is 2. The van der Waals surface area contributed by atoms with Gasteiger partial charge in [-0.15, -0.1) is 0 Å². The average Bonchev–Trinajstić information content (AvgIpc) is 3.19. The number of carbonyl (C=O) groups is 1. The number of aryl methyl sites for hydroxylation is 1. The molecule has 0 amide bonds. The normalized spacial score (nSPS) is 11.1. The third kappa shape index (κ3) is 6.31. The Labute approximate surface area is 173 Å². The van der Waals surface area contributed by atoms with E-state index in [1.165, 1.54) is 16.8 Å². The van der Waals surface area contributed by atoms with Gasteiger partial charge in [0.15, 0.2) is 0 Å². The van der Waals surface area contributed by atoms with Gasteiger partial charge in [0.2, 0.25) is 0 Å². The average molecular weight is 391 g/mol. The highest BCUT2D eigenvalue weighted by Crippen LogP contribution is 2.31. The van der Waals surface area contributed by atoms with Gasteiger partial charge < -0.3 is 5.11 Å². The van der Waals surface area contributed by atoms with E-state index < -0.39 is 5.97 Å². The molecule has 0 aliphatic rings. The lowest BCUT2D eigenvalue weighted by Crippen LogP contribution is -2.12. The van der Waals surface area contributed by atoms with Gasteiger partial charge in [0.1, 0.15) is 0 Å². The molecule has 4 nitrogen and oxygen atoms in total.